The van der Waals surface area contributed by atoms with E-state index in [9.17, 15) is 0 Å². The SMILES string of the molecule is c1ncc(CN2CCO[C@@H](CC3CCCCC3)C2)[nH]1. The minimum Gasteiger partial charge on any atom is -0.376 e. The number of hydrogen-bond acceptors (Lipinski definition) is 3. The van der Waals surface area contributed by atoms with Crippen LogP contribution in [-0.2, 0) is 11.3 Å². The molecule has 1 N–H and O–H groups in total. The van der Waals surface area contributed by atoms with Gasteiger partial charge in [0.05, 0.1) is 19.0 Å². The molecule has 0 amide bonds. The van der Waals surface area contributed by atoms with Gasteiger partial charge in [0, 0.05) is 31.5 Å². The van der Waals surface area contributed by atoms with E-state index in [-0.39, 0.29) is 0 Å². The molecule has 19 heavy (non-hydrogen) atoms. The highest BCUT2D eigenvalue weighted by Gasteiger charge is 2.24. The van der Waals surface area contributed by atoms with Gasteiger partial charge < -0.3 is 9.72 Å². The average molecular weight is 263 g/mol. The summed E-state index contributed by atoms with van der Waals surface area (Å²) in [5.41, 5.74) is 1.21. The molecule has 1 saturated heterocycles. The summed E-state index contributed by atoms with van der Waals surface area (Å²) >= 11 is 0. The summed E-state index contributed by atoms with van der Waals surface area (Å²) in [7, 11) is 0. The normalized spacial score (nSPS) is 26.6. The van der Waals surface area contributed by atoms with E-state index in [2.05, 4.69) is 14.9 Å². The van der Waals surface area contributed by atoms with Crippen molar-refractivity contribution in [3.8, 4) is 0 Å². The molecule has 2 fully saturated rings. The van der Waals surface area contributed by atoms with Gasteiger partial charge in [0.1, 0.15) is 0 Å². The summed E-state index contributed by atoms with van der Waals surface area (Å²) < 4.78 is 5.96. The fraction of sp³-hybridized carbons (Fsp3) is 0.800. The number of imidazole rings is 1. The Morgan fingerprint density at radius 3 is 3.00 bits per heavy atom. The fourth-order valence-corrected chi connectivity index (χ4v) is 3.47. The molecule has 1 saturated carbocycles. The van der Waals surface area contributed by atoms with Crippen molar-refractivity contribution < 1.29 is 4.74 Å². The third-order valence-electron chi connectivity index (χ3n) is 4.49. The first-order chi connectivity index (χ1) is 9.40. The van der Waals surface area contributed by atoms with E-state index in [4.69, 9.17) is 4.74 Å². The number of morpholine rings is 1. The number of rotatable bonds is 4. The van der Waals surface area contributed by atoms with E-state index < -0.39 is 0 Å². The summed E-state index contributed by atoms with van der Waals surface area (Å²) in [4.78, 5) is 9.76. The first-order valence-corrected chi connectivity index (χ1v) is 7.71. The van der Waals surface area contributed by atoms with Crippen molar-refractivity contribution in [2.24, 2.45) is 5.92 Å². The molecule has 0 radical (unpaired) electrons. The molecule has 0 unspecified atom stereocenters. The Morgan fingerprint density at radius 2 is 2.21 bits per heavy atom. The van der Waals surface area contributed by atoms with Crippen LogP contribution in [0.25, 0.3) is 0 Å². The van der Waals surface area contributed by atoms with E-state index in [1.54, 1.807) is 6.33 Å². The number of H-pyrrole nitrogens is 1. The predicted octanol–water partition coefficient (Wildman–Crippen LogP) is 2.58. The molecular formula is C15H25N3O. The fourth-order valence-electron chi connectivity index (χ4n) is 3.47. The molecule has 2 heterocycles. The topological polar surface area (TPSA) is 41.2 Å². The largest absolute Gasteiger partial charge is 0.376 e. The monoisotopic (exact) mass is 263 g/mol. The quantitative estimate of drug-likeness (QED) is 0.907. The molecule has 0 bridgehead atoms. The van der Waals surface area contributed by atoms with Crippen LogP contribution in [0.3, 0.4) is 0 Å². The third-order valence-corrected chi connectivity index (χ3v) is 4.49. The minimum absolute atomic E-state index is 0.444. The van der Waals surface area contributed by atoms with Crippen LogP contribution >= 0.6 is 0 Å². The van der Waals surface area contributed by atoms with Gasteiger partial charge >= 0.3 is 0 Å². The van der Waals surface area contributed by atoms with Crippen LogP contribution in [0.1, 0.15) is 44.2 Å². The van der Waals surface area contributed by atoms with Crippen molar-refractivity contribution in [1.82, 2.24) is 14.9 Å². The van der Waals surface area contributed by atoms with E-state index in [1.165, 1.54) is 44.2 Å². The van der Waals surface area contributed by atoms with Gasteiger partial charge in [-0.05, 0) is 12.3 Å². The van der Waals surface area contributed by atoms with Crippen molar-refractivity contribution in [3.05, 3.63) is 18.2 Å². The van der Waals surface area contributed by atoms with Gasteiger partial charge in [-0.25, -0.2) is 4.98 Å². The molecule has 4 heteroatoms. The Labute approximate surface area is 115 Å². The highest BCUT2D eigenvalue weighted by atomic mass is 16.5. The second-order valence-corrected chi connectivity index (χ2v) is 6.04. The number of ether oxygens (including phenoxy) is 1. The minimum atomic E-state index is 0.444. The number of nitrogens with one attached hydrogen (secondary N) is 1. The van der Waals surface area contributed by atoms with Gasteiger partial charge in [-0.15, -0.1) is 0 Å². The van der Waals surface area contributed by atoms with Crippen molar-refractivity contribution in [2.75, 3.05) is 19.7 Å². The van der Waals surface area contributed by atoms with E-state index >= 15 is 0 Å². The smallest absolute Gasteiger partial charge is 0.0922 e. The molecule has 0 aromatic carbocycles. The van der Waals surface area contributed by atoms with Gasteiger partial charge in [-0.3, -0.25) is 4.90 Å². The first-order valence-electron chi connectivity index (χ1n) is 7.71. The average Bonchev–Trinajstić information content (AvgIpc) is 2.93. The summed E-state index contributed by atoms with van der Waals surface area (Å²) in [6.07, 6.45) is 12.5. The van der Waals surface area contributed by atoms with E-state index in [1.807, 2.05) is 6.20 Å². The number of hydrogen-bond donors (Lipinski definition) is 1. The van der Waals surface area contributed by atoms with Gasteiger partial charge in [-0.1, -0.05) is 32.1 Å². The second-order valence-electron chi connectivity index (χ2n) is 6.04. The lowest BCUT2D eigenvalue weighted by atomic mass is 9.85. The van der Waals surface area contributed by atoms with Crippen molar-refractivity contribution in [1.29, 1.82) is 0 Å². The maximum atomic E-state index is 5.96. The Morgan fingerprint density at radius 1 is 1.32 bits per heavy atom. The highest BCUT2D eigenvalue weighted by molar-refractivity contribution is 4.94. The van der Waals surface area contributed by atoms with Gasteiger partial charge in [0.25, 0.3) is 0 Å². The van der Waals surface area contributed by atoms with E-state index in [0.717, 1.165) is 32.2 Å². The Hall–Kier alpha value is -0.870. The lowest BCUT2D eigenvalue weighted by molar-refractivity contribution is -0.0442. The molecule has 1 aliphatic carbocycles. The Bertz CT molecular complexity index is 359. The Balaban J connectivity index is 1.47. The van der Waals surface area contributed by atoms with E-state index in [0.29, 0.717) is 6.10 Å². The first kappa shape index (κ1) is 13.1. The molecule has 2 aliphatic rings. The zero-order chi connectivity index (χ0) is 12.9. The van der Waals surface area contributed by atoms with Gasteiger partial charge in [0.15, 0.2) is 0 Å². The molecule has 3 rings (SSSR count). The molecule has 1 aliphatic heterocycles. The number of nitrogens with zero attached hydrogens (tertiary/aromatic N) is 2. The van der Waals surface area contributed by atoms with Gasteiger partial charge in [0.2, 0.25) is 0 Å². The highest BCUT2D eigenvalue weighted by Crippen LogP contribution is 2.29. The predicted molar refractivity (Wildman–Crippen MR) is 74.8 cm³/mol. The molecule has 1 aromatic heterocycles. The molecule has 1 aromatic rings. The van der Waals surface area contributed by atoms with Crippen LogP contribution in [0, 0.1) is 5.92 Å². The van der Waals surface area contributed by atoms with Crippen LogP contribution in [0.2, 0.25) is 0 Å². The van der Waals surface area contributed by atoms with Crippen LogP contribution < -0.4 is 0 Å². The van der Waals surface area contributed by atoms with Crippen LogP contribution in [-0.4, -0.2) is 40.7 Å². The second kappa shape index (κ2) is 6.53. The summed E-state index contributed by atoms with van der Waals surface area (Å²) in [5.74, 6) is 0.908. The zero-order valence-corrected chi connectivity index (χ0v) is 11.7. The molecule has 1 atom stereocenters. The van der Waals surface area contributed by atoms with Gasteiger partial charge in [-0.2, -0.15) is 0 Å². The van der Waals surface area contributed by atoms with Crippen molar-refractivity contribution in [3.63, 3.8) is 0 Å². The zero-order valence-electron chi connectivity index (χ0n) is 11.7. The number of aromatic amines is 1. The molecule has 4 nitrogen and oxygen atoms in total. The summed E-state index contributed by atoms with van der Waals surface area (Å²) in [5, 5.41) is 0. The lowest BCUT2D eigenvalue weighted by Gasteiger charge is -2.35. The number of aromatic nitrogens is 2. The Kier molecular flexibility index (Phi) is 4.51. The third kappa shape index (κ3) is 3.80. The van der Waals surface area contributed by atoms with Crippen LogP contribution in [0.4, 0.5) is 0 Å². The maximum Gasteiger partial charge on any atom is 0.0922 e. The molecule has 106 valence electrons. The van der Waals surface area contributed by atoms with Crippen molar-refractivity contribution >= 4 is 0 Å². The summed E-state index contributed by atoms with van der Waals surface area (Å²) in [6, 6.07) is 0. The molecule has 0 spiro atoms. The van der Waals surface area contributed by atoms with Crippen molar-refractivity contribution in [2.45, 2.75) is 51.2 Å². The standard InChI is InChI=1S/C15H25N3O/c1-2-4-13(5-3-1)8-15-11-18(6-7-19-15)10-14-9-16-12-17-14/h9,12-13,15H,1-8,10-11H2,(H,16,17)/t15-/m0/s1. The maximum absolute atomic E-state index is 5.96. The van der Waals surface area contributed by atoms with Crippen LogP contribution in [0.15, 0.2) is 12.5 Å². The van der Waals surface area contributed by atoms with Crippen LogP contribution in [0.5, 0.6) is 0 Å². The molecular weight excluding hydrogens is 238 g/mol. The summed E-state index contributed by atoms with van der Waals surface area (Å²) in [6.45, 7) is 3.98. The lowest BCUT2D eigenvalue weighted by Crippen LogP contribution is -2.42.